The molecule has 0 fully saturated rings. The smallest absolute Gasteiger partial charge is 0.115 e. The molecule has 5 aromatic heterocycles. The van der Waals surface area contributed by atoms with Gasteiger partial charge in [0.25, 0.3) is 0 Å². The molecule has 488 valence electrons. The van der Waals surface area contributed by atoms with Gasteiger partial charge in [-0.1, -0.05) is 373 Å². The maximum atomic E-state index is 3.78. The molecule has 0 aliphatic rings. The van der Waals surface area contributed by atoms with E-state index in [1.165, 1.54) is 27.9 Å². The molecule has 5 aromatic carbocycles. The Morgan fingerprint density at radius 3 is 0.600 bits per heavy atom. The predicted molar refractivity (Wildman–Crippen MR) is 407 cm³/mol. The van der Waals surface area contributed by atoms with Crippen molar-refractivity contribution in [3.8, 4) is 0 Å². The number of H-pyrrole nitrogens is 1. The SMILES string of the molecule is CC.CC.CC.CC.CC.CC.CC.CC.CC.CC.CC.CC.CC.CC.CC.CC.c1c[nH]cn1.c1ccc2ccccc2c1.c1ccc2ccccc2c1.c1ccccc1.c1ccncc1.c1ccsc1.c1cncnc1.c1cscn1. The lowest BCUT2D eigenvalue weighted by Gasteiger charge is -1.92. The third-order valence-electron chi connectivity index (χ3n) is 6.21. The number of benzene rings is 5. The first kappa shape index (κ1) is 113. The molecule has 10 rings (SSSR count). The first-order valence-corrected chi connectivity index (χ1v) is 34.5. The lowest BCUT2D eigenvalue weighted by molar-refractivity contribution is 1.17. The van der Waals surface area contributed by atoms with E-state index in [0.717, 1.165) is 0 Å². The third kappa shape index (κ3) is 113. The molecule has 0 saturated carbocycles. The van der Waals surface area contributed by atoms with Crippen LogP contribution in [0.15, 0.2) is 248 Å². The van der Waals surface area contributed by atoms with E-state index in [4.69, 9.17) is 0 Å². The molecule has 5 heterocycles. The van der Waals surface area contributed by atoms with Crippen molar-refractivity contribution in [1.82, 2.24) is 29.9 Å². The molecule has 0 saturated heterocycles. The number of fused-ring (bicyclic) bond motifs is 2. The topological polar surface area (TPSA) is 80.2 Å². The summed E-state index contributed by atoms with van der Waals surface area (Å²) in [7, 11) is 0. The van der Waals surface area contributed by atoms with Gasteiger partial charge in [0.2, 0.25) is 0 Å². The number of thiazole rings is 1. The molecular formula is C77H138N6S2. The number of nitrogens with zero attached hydrogens (tertiary/aromatic N) is 5. The number of imidazole rings is 1. The van der Waals surface area contributed by atoms with Crippen molar-refractivity contribution >= 4 is 44.2 Å². The van der Waals surface area contributed by atoms with Crippen LogP contribution in [0.1, 0.15) is 222 Å². The van der Waals surface area contributed by atoms with E-state index in [0.29, 0.717) is 0 Å². The van der Waals surface area contributed by atoms with Crippen molar-refractivity contribution in [1.29, 1.82) is 0 Å². The Bertz CT molecular complexity index is 1670. The third-order valence-corrected chi connectivity index (χ3v) is 7.36. The number of pyridine rings is 1. The summed E-state index contributed by atoms with van der Waals surface area (Å²) in [6.07, 6.45) is 15.2. The first-order chi connectivity index (χ1) is 42.4. The fourth-order valence-electron chi connectivity index (χ4n) is 3.83. The fourth-order valence-corrected chi connectivity index (χ4v) is 4.64. The Morgan fingerprint density at radius 1 is 0.224 bits per heavy atom. The molecule has 0 amide bonds. The zero-order valence-corrected chi connectivity index (χ0v) is 62.9. The summed E-state index contributed by atoms with van der Waals surface area (Å²) in [5.74, 6) is 0. The van der Waals surface area contributed by atoms with Crippen LogP contribution in [-0.2, 0) is 0 Å². The summed E-state index contributed by atoms with van der Waals surface area (Å²) in [5, 5.41) is 11.3. The quantitative estimate of drug-likeness (QED) is 0.164. The number of hydrogen-bond donors (Lipinski definition) is 1. The monoisotopic (exact) mass is 1210 g/mol. The van der Waals surface area contributed by atoms with Gasteiger partial charge < -0.3 is 4.98 Å². The lowest BCUT2D eigenvalue weighted by atomic mass is 10.1. The number of aromatic amines is 1. The van der Waals surface area contributed by atoms with Crippen LogP contribution in [0.2, 0.25) is 0 Å². The van der Waals surface area contributed by atoms with Crippen LogP contribution >= 0.6 is 22.7 Å². The summed E-state index contributed by atoms with van der Waals surface area (Å²) in [5.41, 5.74) is 1.79. The Kier molecular flexibility index (Phi) is 203. The molecule has 0 atom stereocenters. The minimum atomic E-state index is 1.31. The second-order valence-corrected chi connectivity index (χ2v) is 11.6. The van der Waals surface area contributed by atoms with Crippen LogP contribution in [0.4, 0.5) is 0 Å². The molecular weight excluding hydrogens is 1070 g/mol. The molecule has 0 bridgehead atoms. The molecule has 10 aromatic rings. The number of hydrogen-bond acceptors (Lipinski definition) is 7. The zero-order valence-electron chi connectivity index (χ0n) is 61.2. The van der Waals surface area contributed by atoms with Gasteiger partial charge in [0.05, 0.1) is 11.8 Å². The van der Waals surface area contributed by atoms with Crippen LogP contribution in [0.25, 0.3) is 21.5 Å². The molecule has 8 heteroatoms. The number of rotatable bonds is 0. The highest BCUT2D eigenvalue weighted by Crippen LogP contribution is 2.12. The Labute approximate surface area is 540 Å². The number of nitrogens with one attached hydrogen (secondary N) is 1. The molecule has 1 N–H and O–H groups in total. The minimum Gasteiger partial charge on any atom is -0.351 e. The molecule has 85 heavy (non-hydrogen) atoms. The summed E-state index contributed by atoms with van der Waals surface area (Å²) in [6, 6.07) is 57.0. The van der Waals surface area contributed by atoms with E-state index in [1.807, 2.05) is 304 Å². The van der Waals surface area contributed by atoms with E-state index >= 15 is 0 Å². The van der Waals surface area contributed by atoms with Crippen molar-refractivity contribution < 1.29 is 0 Å². The zero-order chi connectivity index (χ0) is 69.0. The van der Waals surface area contributed by atoms with Crippen LogP contribution < -0.4 is 0 Å². The van der Waals surface area contributed by atoms with E-state index in [9.17, 15) is 0 Å². The molecule has 0 unspecified atom stereocenters. The second kappa shape index (κ2) is 153. The fraction of sp³-hybridized carbons (Fsp3) is 0.416. The lowest BCUT2D eigenvalue weighted by Crippen LogP contribution is -1.67. The van der Waals surface area contributed by atoms with Crippen molar-refractivity contribution in [3.05, 3.63) is 248 Å². The van der Waals surface area contributed by atoms with Gasteiger partial charge >= 0.3 is 0 Å². The van der Waals surface area contributed by atoms with Crippen LogP contribution in [0.3, 0.4) is 0 Å². The van der Waals surface area contributed by atoms with Gasteiger partial charge in [-0.25, -0.2) is 15.0 Å². The maximum absolute atomic E-state index is 3.78. The molecule has 0 spiro atoms. The molecule has 0 radical (unpaired) electrons. The Hall–Kier alpha value is -6.61. The normalized spacial score (nSPS) is 6.59. The van der Waals surface area contributed by atoms with Crippen LogP contribution in [0, 0.1) is 0 Å². The van der Waals surface area contributed by atoms with Crippen LogP contribution in [0.5, 0.6) is 0 Å². The van der Waals surface area contributed by atoms with Gasteiger partial charge in [0.15, 0.2) is 0 Å². The summed E-state index contributed by atoms with van der Waals surface area (Å²) >= 11 is 3.31. The first-order valence-electron chi connectivity index (χ1n) is 32.6. The summed E-state index contributed by atoms with van der Waals surface area (Å²) in [6.45, 7) is 64.0. The summed E-state index contributed by atoms with van der Waals surface area (Å²) in [4.78, 5) is 21.3. The average Bonchev–Trinajstić information content (AvgIpc) is 4.57. The van der Waals surface area contributed by atoms with E-state index in [2.05, 4.69) is 127 Å². The van der Waals surface area contributed by atoms with E-state index < -0.39 is 0 Å². The highest BCUT2D eigenvalue weighted by atomic mass is 32.1. The van der Waals surface area contributed by atoms with Gasteiger partial charge in [0, 0.05) is 48.8 Å². The van der Waals surface area contributed by atoms with E-state index in [-0.39, 0.29) is 0 Å². The Balaban J connectivity index is -0.0000000533. The second-order valence-electron chi connectivity index (χ2n) is 10.0. The van der Waals surface area contributed by atoms with Gasteiger partial charge in [-0.05, 0) is 50.5 Å². The highest BCUT2D eigenvalue weighted by Gasteiger charge is 1.86. The van der Waals surface area contributed by atoms with Gasteiger partial charge in [-0.3, -0.25) is 9.97 Å². The van der Waals surface area contributed by atoms with Crippen molar-refractivity contribution in [2.75, 3.05) is 0 Å². The average molecular weight is 1210 g/mol. The standard InChI is InChI=1S/2C10H8.C6H6.C5H5N.C4H4N2.C4H4S.C3H4N2.C3H3NS.16C2H6/c2*1-2-6-10-8-4-3-7-9(10)5-1;2*1-2-4-6-5-3-1;1-2-5-4-6-3-1;1-2-4-5-3-1;2*1-2-5-3-4-1;16*1-2/h2*1-8H;1-6H;1-5H;1-4H;1-4H;1-3H,(H,4,5);1-3H;16*1-2H3. The van der Waals surface area contributed by atoms with Crippen molar-refractivity contribution in [2.45, 2.75) is 222 Å². The molecule has 6 nitrogen and oxygen atoms in total. The van der Waals surface area contributed by atoms with Gasteiger partial charge in [-0.2, -0.15) is 11.3 Å². The minimum absolute atomic E-state index is 1.31. The molecule has 0 aliphatic carbocycles. The number of thiophene rings is 1. The Morgan fingerprint density at radius 2 is 0.494 bits per heavy atom. The number of aromatic nitrogens is 6. The van der Waals surface area contributed by atoms with Crippen molar-refractivity contribution in [3.63, 3.8) is 0 Å². The van der Waals surface area contributed by atoms with E-state index in [1.54, 1.807) is 84.0 Å². The highest BCUT2D eigenvalue weighted by molar-refractivity contribution is 7.07. The van der Waals surface area contributed by atoms with Gasteiger partial charge in [0.1, 0.15) is 6.33 Å². The van der Waals surface area contributed by atoms with Crippen LogP contribution in [-0.4, -0.2) is 29.9 Å². The molecule has 0 aliphatic heterocycles. The largest absolute Gasteiger partial charge is 0.351 e. The van der Waals surface area contributed by atoms with Gasteiger partial charge in [-0.15, -0.1) is 11.3 Å². The summed E-state index contributed by atoms with van der Waals surface area (Å²) < 4.78 is 0. The maximum Gasteiger partial charge on any atom is 0.115 e. The van der Waals surface area contributed by atoms with Crippen molar-refractivity contribution in [2.24, 2.45) is 0 Å². The predicted octanol–water partition coefficient (Wildman–Crippen LogP) is 28.6.